The molecule has 190 valence electrons. The van der Waals surface area contributed by atoms with E-state index in [0.717, 1.165) is 23.2 Å². The highest BCUT2D eigenvalue weighted by atomic mass is 79.9. The fraction of sp³-hybridized carbons (Fsp3) is 0.462. The molecule has 35 heavy (non-hydrogen) atoms. The number of amidine groups is 1. The minimum Gasteiger partial charge on any atom is -0.493 e. The predicted molar refractivity (Wildman–Crippen MR) is 141 cm³/mol. The highest BCUT2D eigenvalue weighted by Crippen LogP contribution is 2.40. The number of aromatic nitrogens is 1. The standard InChI is InChI=1S/C26H34N4O4.BrH/c1-6-18-10-9-16-14-30(25(28)23(16)29-18)15-20(31)17-12-19(26(2,3)4)24(33-5)21(13-17)34-11-7-8-22(27)32;/h9-10,12-13,28H,6-8,11,14-15H2,1-5H3,(H2,27,32);1H. The Morgan fingerprint density at radius 2 is 1.94 bits per heavy atom. The quantitative estimate of drug-likeness (QED) is 0.340. The summed E-state index contributed by atoms with van der Waals surface area (Å²) in [6.07, 6.45) is 1.49. The van der Waals surface area contributed by atoms with Gasteiger partial charge in [0.2, 0.25) is 5.91 Å². The highest BCUT2D eigenvalue weighted by molar-refractivity contribution is 8.93. The van der Waals surface area contributed by atoms with Crippen LogP contribution in [0.25, 0.3) is 0 Å². The van der Waals surface area contributed by atoms with Gasteiger partial charge in [-0.15, -0.1) is 17.0 Å². The average Bonchev–Trinajstić information content (AvgIpc) is 3.09. The van der Waals surface area contributed by atoms with Crippen molar-refractivity contribution in [1.82, 2.24) is 9.88 Å². The zero-order valence-corrected chi connectivity index (χ0v) is 22.8. The van der Waals surface area contributed by atoms with Crippen LogP contribution in [0.4, 0.5) is 0 Å². The maximum Gasteiger partial charge on any atom is 0.217 e. The lowest BCUT2D eigenvalue weighted by molar-refractivity contribution is -0.118. The number of ether oxygens (including phenoxy) is 2. The number of methoxy groups -OCH3 is 1. The highest BCUT2D eigenvalue weighted by Gasteiger charge is 2.29. The molecule has 2 heterocycles. The minimum atomic E-state index is -0.385. The molecule has 0 bridgehead atoms. The molecular weight excluding hydrogens is 512 g/mol. The second kappa shape index (κ2) is 11.7. The maximum absolute atomic E-state index is 13.4. The number of aryl methyl sites for hydroxylation is 1. The van der Waals surface area contributed by atoms with Crippen LogP contribution in [0.15, 0.2) is 24.3 Å². The third-order valence-corrected chi connectivity index (χ3v) is 5.85. The Hall–Kier alpha value is -2.94. The lowest BCUT2D eigenvalue weighted by Gasteiger charge is -2.25. The van der Waals surface area contributed by atoms with Crippen LogP contribution in [0.5, 0.6) is 11.5 Å². The Kier molecular flexibility index (Phi) is 9.43. The number of carbonyl (C=O) groups is 2. The summed E-state index contributed by atoms with van der Waals surface area (Å²) in [4.78, 5) is 30.7. The van der Waals surface area contributed by atoms with Crippen molar-refractivity contribution in [2.45, 2.75) is 58.9 Å². The van der Waals surface area contributed by atoms with Crippen LogP contribution in [0.1, 0.15) is 73.4 Å². The number of pyridine rings is 1. The Bertz CT molecular complexity index is 1110. The molecule has 0 saturated heterocycles. The third kappa shape index (κ3) is 6.60. The van der Waals surface area contributed by atoms with Crippen LogP contribution in [-0.2, 0) is 23.2 Å². The van der Waals surface area contributed by atoms with E-state index in [1.807, 2.05) is 45.9 Å². The van der Waals surface area contributed by atoms with Crippen molar-refractivity contribution in [3.05, 3.63) is 52.3 Å². The van der Waals surface area contributed by atoms with Crippen LogP contribution in [0.3, 0.4) is 0 Å². The molecule has 0 atom stereocenters. The Morgan fingerprint density at radius 3 is 2.54 bits per heavy atom. The van der Waals surface area contributed by atoms with E-state index < -0.39 is 0 Å². The number of benzene rings is 1. The second-order valence-corrected chi connectivity index (χ2v) is 9.52. The number of nitrogens with two attached hydrogens (primary N) is 1. The first-order valence-corrected chi connectivity index (χ1v) is 11.5. The summed E-state index contributed by atoms with van der Waals surface area (Å²) in [5.41, 5.74) is 8.79. The van der Waals surface area contributed by atoms with Gasteiger partial charge in [-0.25, -0.2) is 4.98 Å². The summed E-state index contributed by atoms with van der Waals surface area (Å²) in [5, 5.41) is 8.54. The van der Waals surface area contributed by atoms with Gasteiger partial charge in [0.1, 0.15) is 11.5 Å². The van der Waals surface area contributed by atoms with Crippen LogP contribution in [-0.4, -0.2) is 47.7 Å². The monoisotopic (exact) mass is 546 g/mol. The maximum atomic E-state index is 13.4. The number of Topliss-reactive ketones (excluding diaryl/α,β-unsaturated/α-hetero) is 1. The third-order valence-electron chi connectivity index (χ3n) is 5.85. The van der Waals surface area contributed by atoms with Crippen molar-refractivity contribution in [3.8, 4) is 11.5 Å². The number of hydrogen-bond donors (Lipinski definition) is 2. The number of carbonyl (C=O) groups excluding carboxylic acids is 2. The molecule has 9 heteroatoms. The zero-order chi connectivity index (χ0) is 25.0. The number of primary amides is 1. The lowest BCUT2D eigenvalue weighted by Crippen LogP contribution is -2.30. The van der Waals surface area contributed by atoms with Crippen molar-refractivity contribution >= 4 is 34.5 Å². The summed E-state index contributed by atoms with van der Waals surface area (Å²) in [5.74, 6) is 0.788. The summed E-state index contributed by atoms with van der Waals surface area (Å²) < 4.78 is 11.6. The van der Waals surface area contributed by atoms with E-state index in [4.69, 9.17) is 20.6 Å². The van der Waals surface area contributed by atoms with Crippen molar-refractivity contribution in [3.63, 3.8) is 0 Å². The Morgan fingerprint density at radius 1 is 1.23 bits per heavy atom. The number of fused-ring (bicyclic) bond motifs is 1. The van der Waals surface area contributed by atoms with Crippen LogP contribution >= 0.6 is 17.0 Å². The molecule has 0 radical (unpaired) electrons. The molecule has 0 spiro atoms. The molecule has 3 N–H and O–H groups in total. The molecule has 0 saturated carbocycles. The zero-order valence-electron chi connectivity index (χ0n) is 21.1. The molecule has 1 aromatic carbocycles. The molecule has 0 unspecified atom stereocenters. The van der Waals surface area contributed by atoms with E-state index in [-0.39, 0.29) is 59.5 Å². The molecule has 1 aliphatic rings. The number of rotatable bonds is 10. The summed E-state index contributed by atoms with van der Waals surface area (Å²) >= 11 is 0. The molecule has 8 nitrogen and oxygen atoms in total. The van der Waals surface area contributed by atoms with E-state index in [2.05, 4.69) is 4.98 Å². The molecule has 0 aliphatic carbocycles. The number of ketones is 1. The SMILES string of the molecule is Br.CCc1ccc2c(n1)C(=N)N(CC(=O)c1cc(OCCCC(N)=O)c(OC)c(C(C)(C)C)c1)C2. The number of amides is 1. The molecule has 2 aromatic rings. The van der Waals surface area contributed by atoms with Crippen molar-refractivity contribution < 1.29 is 19.1 Å². The summed E-state index contributed by atoms with van der Waals surface area (Å²) in [7, 11) is 1.57. The number of hydrogen-bond acceptors (Lipinski definition) is 6. The van der Waals surface area contributed by atoms with E-state index >= 15 is 0 Å². The number of nitrogens with one attached hydrogen (secondary N) is 1. The normalized spacial score (nSPS) is 12.7. The van der Waals surface area contributed by atoms with Gasteiger partial charge in [-0.1, -0.05) is 33.8 Å². The largest absolute Gasteiger partial charge is 0.493 e. The fourth-order valence-corrected chi connectivity index (χ4v) is 3.96. The second-order valence-electron chi connectivity index (χ2n) is 9.52. The Balaban J connectivity index is 0.00000432. The minimum absolute atomic E-state index is 0. The molecular formula is C26H35BrN4O4. The molecule has 3 rings (SSSR count). The lowest BCUT2D eigenvalue weighted by atomic mass is 9.84. The molecule has 1 aromatic heterocycles. The molecule has 1 aliphatic heterocycles. The van der Waals surface area contributed by atoms with E-state index in [0.29, 0.717) is 35.7 Å². The first kappa shape index (κ1) is 28.3. The first-order chi connectivity index (χ1) is 16.0. The van der Waals surface area contributed by atoms with Gasteiger partial charge in [0.05, 0.1) is 20.3 Å². The smallest absolute Gasteiger partial charge is 0.217 e. The van der Waals surface area contributed by atoms with Crippen LogP contribution in [0, 0.1) is 5.41 Å². The van der Waals surface area contributed by atoms with Gasteiger partial charge in [-0.2, -0.15) is 0 Å². The van der Waals surface area contributed by atoms with Gasteiger partial charge >= 0.3 is 0 Å². The van der Waals surface area contributed by atoms with Crippen molar-refractivity contribution in [2.75, 3.05) is 20.3 Å². The first-order valence-electron chi connectivity index (χ1n) is 11.5. The van der Waals surface area contributed by atoms with Gasteiger partial charge in [0, 0.05) is 35.3 Å². The fourth-order valence-electron chi connectivity index (χ4n) is 3.96. The average molecular weight is 547 g/mol. The molecule has 0 fully saturated rings. The summed E-state index contributed by atoms with van der Waals surface area (Å²) in [6.45, 7) is 8.97. The van der Waals surface area contributed by atoms with Crippen molar-refractivity contribution in [1.29, 1.82) is 5.41 Å². The van der Waals surface area contributed by atoms with Gasteiger partial charge in [-0.3, -0.25) is 15.0 Å². The number of halogens is 1. The Labute approximate surface area is 217 Å². The molecule has 1 amide bonds. The summed E-state index contributed by atoms with van der Waals surface area (Å²) in [6, 6.07) is 7.49. The van der Waals surface area contributed by atoms with Gasteiger partial charge in [0.25, 0.3) is 0 Å². The van der Waals surface area contributed by atoms with E-state index in [1.54, 1.807) is 18.1 Å². The van der Waals surface area contributed by atoms with Crippen LogP contribution < -0.4 is 15.2 Å². The number of nitrogens with zero attached hydrogens (tertiary/aromatic N) is 2. The topological polar surface area (TPSA) is 119 Å². The predicted octanol–water partition coefficient (Wildman–Crippen LogP) is 4.20. The van der Waals surface area contributed by atoms with E-state index in [1.165, 1.54) is 0 Å². The van der Waals surface area contributed by atoms with Gasteiger partial charge in [0.15, 0.2) is 17.3 Å². The van der Waals surface area contributed by atoms with Gasteiger partial charge in [-0.05, 0) is 36.5 Å². The van der Waals surface area contributed by atoms with Crippen molar-refractivity contribution in [2.24, 2.45) is 5.73 Å². The van der Waals surface area contributed by atoms with Crippen LogP contribution in [0.2, 0.25) is 0 Å². The van der Waals surface area contributed by atoms with Gasteiger partial charge < -0.3 is 20.1 Å². The van der Waals surface area contributed by atoms with E-state index in [9.17, 15) is 9.59 Å².